The highest BCUT2D eigenvalue weighted by Crippen LogP contribution is 2.28. The lowest BCUT2D eigenvalue weighted by Crippen LogP contribution is -2.21. The van der Waals surface area contributed by atoms with Gasteiger partial charge in [0.05, 0.1) is 16.8 Å². The summed E-state index contributed by atoms with van der Waals surface area (Å²) in [6.45, 7) is 0. The number of furan rings is 1. The highest BCUT2D eigenvalue weighted by atomic mass is 32.1. The van der Waals surface area contributed by atoms with E-state index in [1.165, 1.54) is 22.3 Å². The number of aromatic amines is 1. The highest BCUT2D eigenvalue weighted by Gasteiger charge is 2.21. The third kappa shape index (κ3) is 2.85. The summed E-state index contributed by atoms with van der Waals surface area (Å²) in [6.07, 6.45) is 3.85. The van der Waals surface area contributed by atoms with Crippen molar-refractivity contribution in [1.82, 2.24) is 19.7 Å². The number of carbonyl (C=O) groups excluding carboxylic acids is 1. The first-order chi connectivity index (χ1) is 13.7. The van der Waals surface area contributed by atoms with Crippen molar-refractivity contribution in [2.45, 2.75) is 19.3 Å². The molecule has 0 saturated carbocycles. The molecule has 1 aliphatic rings. The molecule has 0 aromatic carbocycles. The Kier molecular flexibility index (Phi) is 3.94. The van der Waals surface area contributed by atoms with E-state index in [9.17, 15) is 9.59 Å². The molecule has 8 nitrogen and oxygen atoms in total. The van der Waals surface area contributed by atoms with Gasteiger partial charge in [0, 0.05) is 11.6 Å². The van der Waals surface area contributed by atoms with Gasteiger partial charge in [-0.1, -0.05) is 6.07 Å². The second-order valence-corrected chi connectivity index (χ2v) is 7.35. The van der Waals surface area contributed by atoms with Gasteiger partial charge in [-0.15, -0.1) is 11.3 Å². The Bertz CT molecular complexity index is 1210. The number of fused-ring (bicyclic) bond motifs is 1. The van der Waals surface area contributed by atoms with Gasteiger partial charge in [0.2, 0.25) is 5.95 Å². The van der Waals surface area contributed by atoms with Crippen LogP contribution in [0.15, 0.2) is 51.2 Å². The second-order valence-electron chi connectivity index (χ2n) is 6.40. The summed E-state index contributed by atoms with van der Waals surface area (Å²) in [7, 11) is 0. The molecule has 2 N–H and O–H groups in total. The van der Waals surface area contributed by atoms with Crippen LogP contribution in [0.4, 0.5) is 5.82 Å². The molecular weight excluding hydrogens is 378 g/mol. The van der Waals surface area contributed by atoms with Gasteiger partial charge in [-0.25, -0.2) is 4.98 Å². The summed E-state index contributed by atoms with van der Waals surface area (Å²) in [5.41, 5.74) is 2.03. The van der Waals surface area contributed by atoms with Gasteiger partial charge in [-0.2, -0.15) is 9.78 Å². The number of aryl methyl sites for hydroxylation is 1. The summed E-state index contributed by atoms with van der Waals surface area (Å²) < 4.78 is 6.61. The van der Waals surface area contributed by atoms with Gasteiger partial charge in [0.25, 0.3) is 11.5 Å². The van der Waals surface area contributed by atoms with Crippen LogP contribution in [-0.4, -0.2) is 25.7 Å². The maximum atomic E-state index is 12.5. The van der Waals surface area contributed by atoms with Crippen LogP contribution in [0.5, 0.6) is 0 Å². The Morgan fingerprint density at radius 2 is 2.21 bits per heavy atom. The minimum Gasteiger partial charge on any atom is -0.459 e. The fourth-order valence-corrected chi connectivity index (χ4v) is 3.97. The Hall–Kier alpha value is -3.46. The highest BCUT2D eigenvalue weighted by molar-refractivity contribution is 7.13. The molecule has 0 fully saturated rings. The average molecular weight is 393 g/mol. The first-order valence-electron chi connectivity index (χ1n) is 8.80. The molecule has 4 heterocycles. The maximum absolute atomic E-state index is 12.5. The van der Waals surface area contributed by atoms with Crippen molar-refractivity contribution in [2.24, 2.45) is 0 Å². The number of H-pyrrole nitrogens is 1. The third-order valence-electron chi connectivity index (χ3n) is 4.60. The van der Waals surface area contributed by atoms with Crippen molar-refractivity contribution in [1.29, 1.82) is 0 Å². The molecular formula is C19H15N5O3S. The molecule has 0 bridgehead atoms. The largest absolute Gasteiger partial charge is 0.459 e. The van der Waals surface area contributed by atoms with Crippen molar-refractivity contribution in [2.75, 3.05) is 5.32 Å². The topological polar surface area (TPSA) is 106 Å². The molecule has 4 aromatic rings. The summed E-state index contributed by atoms with van der Waals surface area (Å²) in [5.74, 6) is 0.447. The van der Waals surface area contributed by atoms with Crippen molar-refractivity contribution >= 4 is 23.1 Å². The fourth-order valence-electron chi connectivity index (χ4n) is 3.29. The number of hydrogen-bond acceptors (Lipinski definition) is 6. The van der Waals surface area contributed by atoms with E-state index in [0.29, 0.717) is 11.5 Å². The summed E-state index contributed by atoms with van der Waals surface area (Å²) in [6, 6.07) is 8.83. The van der Waals surface area contributed by atoms with Crippen molar-refractivity contribution in [3.05, 3.63) is 69.3 Å². The van der Waals surface area contributed by atoms with E-state index in [2.05, 4.69) is 20.4 Å². The van der Waals surface area contributed by atoms with E-state index in [1.54, 1.807) is 18.2 Å². The van der Waals surface area contributed by atoms with Gasteiger partial charge in [0.1, 0.15) is 11.5 Å². The Morgan fingerprint density at radius 1 is 1.29 bits per heavy atom. The number of amides is 1. The minimum atomic E-state index is -0.410. The number of thiophene rings is 1. The normalized spacial score (nSPS) is 12.9. The Labute approximate surface area is 162 Å². The molecule has 0 radical (unpaired) electrons. The number of aromatic nitrogens is 4. The van der Waals surface area contributed by atoms with E-state index in [0.717, 1.165) is 35.4 Å². The number of nitrogens with zero attached hydrogens (tertiary/aromatic N) is 3. The average Bonchev–Trinajstić information content (AvgIpc) is 3.47. The van der Waals surface area contributed by atoms with Crippen LogP contribution in [0.1, 0.15) is 28.2 Å². The number of rotatable bonds is 4. The third-order valence-corrected chi connectivity index (χ3v) is 5.49. The number of nitrogens with one attached hydrogen (secondary N) is 2. The quantitative estimate of drug-likeness (QED) is 0.554. The smallest absolute Gasteiger partial charge is 0.292 e. The maximum Gasteiger partial charge on any atom is 0.292 e. The SMILES string of the molecule is O=C(Nc1cc(-c2cccs2)nn1-c1nc2c(c(=O)[nH]1)CCC2)c1ccco1. The molecule has 4 aromatic heterocycles. The van der Waals surface area contributed by atoms with E-state index >= 15 is 0 Å². The first-order valence-corrected chi connectivity index (χ1v) is 9.68. The molecule has 28 heavy (non-hydrogen) atoms. The molecule has 0 aliphatic heterocycles. The summed E-state index contributed by atoms with van der Waals surface area (Å²) in [4.78, 5) is 33.2. The van der Waals surface area contributed by atoms with Crippen LogP contribution >= 0.6 is 11.3 Å². The molecule has 1 aliphatic carbocycles. The van der Waals surface area contributed by atoms with Gasteiger partial charge in [0.15, 0.2) is 5.76 Å². The molecule has 0 spiro atoms. The standard InChI is InChI=1S/C19H15N5O3S/c25-17-11-4-1-5-12(11)20-19(22-17)24-16(21-18(26)14-6-2-8-27-14)10-13(23-24)15-7-3-9-28-15/h2-3,6-10H,1,4-5H2,(H,21,26)(H,20,22,25). The second kappa shape index (κ2) is 6.61. The molecule has 9 heteroatoms. The van der Waals surface area contributed by atoms with Crippen LogP contribution in [0.2, 0.25) is 0 Å². The number of anilines is 1. The Morgan fingerprint density at radius 3 is 3.00 bits per heavy atom. The first kappa shape index (κ1) is 16.7. The van der Waals surface area contributed by atoms with Gasteiger partial charge in [-0.3, -0.25) is 14.6 Å². The van der Waals surface area contributed by atoms with Crippen molar-refractivity contribution < 1.29 is 9.21 Å². The van der Waals surface area contributed by atoms with Gasteiger partial charge >= 0.3 is 0 Å². The van der Waals surface area contributed by atoms with Crippen molar-refractivity contribution in [3.63, 3.8) is 0 Å². The predicted octanol–water partition coefficient (Wildman–Crippen LogP) is 3.02. The molecule has 0 saturated heterocycles. The minimum absolute atomic E-state index is 0.158. The van der Waals surface area contributed by atoms with Crippen LogP contribution in [0.25, 0.3) is 16.5 Å². The van der Waals surface area contributed by atoms with E-state index < -0.39 is 5.91 Å². The number of carbonyl (C=O) groups is 1. The summed E-state index contributed by atoms with van der Waals surface area (Å²) in [5, 5.41) is 9.31. The van der Waals surface area contributed by atoms with Crippen LogP contribution in [0, 0.1) is 0 Å². The van der Waals surface area contributed by atoms with Gasteiger partial charge in [-0.05, 0) is 42.8 Å². The fraction of sp³-hybridized carbons (Fsp3) is 0.158. The van der Waals surface area contributed by atoms with Gasteiger partial charge < -0.3 is 9.73 Å². The molecule has 0 atom stereocenters. The molecule has 140 valence electrons. The number of hydrogen-bond donors (Lipinski definition) is 2. The monoisotopic (exact) mass is 393 g/mol. The van der Waals surface area contributed by atoms with Crippen LogP contribution in [-0.2, 0) is 12.8 Å². The predicted molar refractivity (Wildman–Crippen MR) is 104 cm³/mol. The Balaban J connectivity index is 1.61. The van der Waals surface area contributed by atoms with E-state index in [-0.39, 0.29) is 17.3 Å². The zero-order valence-electron chi connectivity index (χ0n) is 14.6. The lowest BCUT2D eigenvalue weighted by Gasteiger charge is -2.08. The molecule has 5 rings (SSSR count). The zero-order chi connectivity index (χ0) is 19.1. The van der Waals surface area contributed by atoms with E-state index in [1.807, 2.05) is 17.5 Å². The van der Waals surface area contributed by atoms with Crippen LogP contribution in [0.3, 0.4) is 0 Å². The van der Waals surface area contributed by atoms with Crippen LogP contribution < -0.4 is 10.9 Å². The lowest BCUT2D eigenvalue weighted by atomic mass is 10.3. The molecule has 1 amide bonds. The van der Waals surface area contributed by atoms with Crippen molar-refractivity contribution in [3.8, 4) is 16.5 Å². The molecule has 0 unspecified atom stereocenters. The van der Waals surface area contributed by atoms with E-state index in [4.69, 9.17) is 4.42 Å². The lowest BCUT2D eigenvalue weighted by molar-refractivity contribution is 0.0996. The summed E-state index contributed by atoms with van der Waals surface area (Å²) >= 11 is 1.53. The zero-order valence-corrected chi connectivity index (χ0v) is 15.5.